The van der Waals surface area contributed by atoms with Crippen molar-refractivity contribution in [2.24, 2.45) is 0 Å². The maximum absolute atomic E-state index is 10.5. The lowest BCUT2D eigenvalue weighted by Gasteiger charge is -2.14. The molecule has 0 heterocycles. The van der Waals surface area contributed by atoms with Crippen molar-refractivity contribution in [1.29, 1.82) is 0 Å². The van der Waals surface area contributed by atoms with E-state index in [4.69, 9.17) is 14.6 Å². The molecule has 1 rings (SSSR count). The van der Waals surface area contributed by atoms with Gasteiger partial charge in [0, 0.05) is 6.42 Å². The maximum Gasteiger partial charge on any atom is 0.303 e. The van der Waals surface area contributed by atoms with Crippen LogP contribution in [0.4, 0.5) is 0 Å². The van der Waals surface area contributed by atoms with Crippen LogP contribution < -0.4 is 9.47 Å². The Morgan fingerprint density at radius 2 is 1.88 bits per heavy atom. The summed E-state index contributed by atoms with van der Waals surface area (Å²) in [6.45, 7) is 1.95. The molecule has 1 aromatic carbocycles. The number of aryl methyl sites for hydroxylation is 2. The molecule has 0 aliphatic heterocycles. The number of methoxy groups -OCH3 is 2. The molecule has 0 aliphatic carbocycles. The van der Waals surface area contributed by atoms with Gasteiger partial charge in [-0.25, -0.2) is 0 Å². The smallest absolute Gasteiger partial charge is 0.303 e. The fourth-order valence-electron chi connectivity index (χ4n) is 1.81. The Hall–Kier alpha value is -1.71. The van der Waals surface area contributed by atoms with Crippen LogP contribution in [0.2, 0.25) is 0 Å². The molecule has 4 heteroatoms. The molecule has 1 N–H and O–H groups in total. The fourth-order valence-corrected chi connectivity index (χ4v) is 1.81. The van der Waals surface area contributed by atoms with Crippen LogP contribution >= 0.6 is 0 Å². The van der Waals surface area contributed by atoms with Crippen LogP contribution in [0.5, 0.6) is 11.5 Å². The summed E-state index contributed by atoms with van der Waals surface area (Å²) < 4.78 is 10.6. The number of carboxylic acid groups (broad SMARTS) is 1. The minimum Gasteiger partial charge on any atom is -0.493 e. The quantitative estimate of drug-likeness (QED) is 0.827. The van der Waals surface area contributed by atoms with Gasteiger partial charge in [-0.1, -0.05) is 12.1 Å². The molecule has 0 saturated carbocycles. The first kappa shape index (κ1) is 13.4. The highest BCUT2D eigenvalue weighted by Gasteiger charge is 2.12. The van der Waals surface area contributed by atoms with E-state index in [1.54, 1.807) is 14.2 Å². The van der Waals surface area contributed by atoms with Crippen molar-refractivity contribution in [3.05, 3.63) is 23.3 Å². The summed E-state index contributed by atoms with van der Waals surface area (Å²) in [5.41, 5.74) is 1.99. The number of carboxylic acids is 1. The van der Waals surface area contributed by atoms with E-state index in [0.29, 0.717) is 18.6 Å². The van der Waals surface area contributed by atoms with Gasteiger partial charge in [0.1, 0.15) is 0 Å². The van der Waals surface area contributed by atoms with Gasteiger partial charge in [-0.05, 0) is 30.9 Å². The minimum atomic E-state index is -0.775. The molecule has 0 unspecified atom stereocenters. The lowest BCUT2D eigenvalue weighted by molar-refractivity contribution is -0.137. The van der Waals surface area contributed by atoms with Crippen LogP contribution in [0.1, 0.15) is 24.0 Å². The average molecular weight is 238 g/mol. The monoisotopic (exact) mass is 238 g/mol. The molecular formula is C13H18O4. The Labute approximate surface area is 101 Å². The second-order valence-corrected chi connectivity index (χ2v) is 3.86. The van der Waals surface area contributed by atoms with Gasteiger partial charge < -0.3 is 14.6 Å². The summed E-state index contributed by atoms with van der Waals surface area (Å²) >= 11 is 0. The third kappa shape index (κ3) is 3.37. The van der Waals surface area contributed by atoms with E-state index in [0.717, 1.165) is 16.9 Å². The first-order valence-electron chi connectivity index (χ1n) is 5.52. The van der Waals surface area contributed by atoms with Crippen LogP contribution in [0.3, 0.4) is 0 Å². The summed E-state index contributed by atoms with van der Waals surface area (Å²) in [6.07, 6.45) is 1.43. The fraction of sp³-hybridized carbons (Fsp3) is 0.462. The molecule has 0 amide bonds. The molecule has 94 valence electrons. The number of carbonyl (C=O) groups is 1. The average Bonchev–Trinajstić information content (AvgIpc) is 2.29. The molecule has 0 bridgehead atoms. The Morgan fingerprint density at radius 1 is 1.24 bits per heavy atom. The van der Waals surface area contributed by atoms with E-state index in [9.17, 15) is 4.79 Å². The normalized spacial score (nSPS) is 10.1. The summed E-state index contributed by atoms with van der Waals surface area (Å²) in [5, 5.41) is 8.61. The van der Waals surface area contributed by atoms with Crippen LogP contribution in [0, 0.1) is 6.92 Å². The molecule has 1 aromatic rings. The van der Waals surface area contributed by atoms with Crippen molar-refractivity contribution < 1.29 is 19.4 Å². The SMILES string of the molecule is COc1c(C)ccc(CCCC(=O)O)c1OC. The third-order valence-corrected chi connectivity index (χ3v) is 2.64. The number of rotatable bonds is 6. The van der Waals surface area contributed by atoms with Crippen LogP contribution in [-0.2, 0) is 11.2 Å². The molecule has 0 aliphatic rings. The number of ether oxygens (including phenoxy) is 2. The van der Waals surface area contributed by atoms with Gasteiger partial charge in [0.2, 0.25) is 0 Å². The van der Waals surface area contributed by atoms with Gasteiger partial charge in [-0.3, -0.25) is 4.79 Å². The highest BCUT2D eigenvalue weighted by atomic mass is 16.5. The molecule has 0 aromatic heterocycles. The van der Waals surface area contributed by atoms with E-state index in [1.807, 2.05) is 19.1 Å². The zero-order valence-electron chi connectivity index (χ0n) is 10.4. The Kier molecular flexibility index (Phi) is 4.82. The largest absolute Gasteiger partial charge is 0.493 e. The summed E-state index contributed by atoms with van der Waals surface area (Å²) in [6, 6.07) is 3.91. The molecule has 0 radical (unpaired) electrons. The van der Waals surface area contributed by atoms with Gasteiger partial charge >= 0.3 is 5.97 Å². The van der Waals surface area contributed by atoms with Crippen molar-refractivity contribution in [2.75, 3.05) is 14.2 Å². The Bertz CT molecular complexity index is 399. The molecule has 0 spiro atoms. The first-order valence-corrected chi connectivity index (χ1v) is 5.52. The van der Waals surface area contributed by atoms with Crippen molar-refractivity contribution >= 4 is 5.97 Å². The van der Waals surface area contributed by atoms with Crippen molar-refractivity contribution in [3.63, 3.8) is 0 Å². The topological polar surface area (TPSA) is 55.8 Å². The standard InChI is InChI=1S/C13H18O4/c1-9-7-8-10(5-4-6-11(14)15)13(17-3)12(9)16-2/h7-8H,4-6H2,1-3H3,(H,14,15). The second-order valence-electron chi connectivity index (χ2n) is 3.86. The highest BCUT2D eigenvalue weighted by Crippen LogP contribution is 2.34. The maximum atomic E-state index is 10.5. The van der Waals surface area contributed by atoms with Gasteiger partial charge in [-0.2, -0.15) is 0 Å². The number of hydrogen-bond acceptors (Lipinski definition) is 3. The highest BCUT2D eigenvalue weighted by molar-refractivity contribution is 5.66. The summed E-state index contributed by atoms with van der Waals surface area (Å²) in [5.74, 6) is 0.654. The van der Waals surface area contributed by atoms with Gasteiger partial charge in [0.15, 0.2) is 11.5 Å². The molecule has 0 atom stereocenters. The molecule has 4 nitrogen and oxygen atoms in total. The van der Waals surface area contributed by atoms with Gasteiger partial charge in [0.05, 0.1) is 14.2 Å². The first-order chi connectivity index (χ1) is 8.10. The Morgan fingerprint density at radius 3 is 2.41 bits per heavy atom. The van der Waals surface area contributed by atoms with E-state index in [-0.39, 0.29) is 6.42 Å². The number of hydrogen-bond donors (Lipinski definition) is 1. The number of aliphatic carboxylic acids is 1. The van der Waals surface area contributed by atoms with Gasteiger partial charge in [-0.15, -0.1) is 0 Å². The zero-order valence-corrected chi connectivity index (χ0v) is 10.4. The van der Waals surface area contributed by atoms with E-state index in [1.165, 1.54) is 0 Å². The van der Waals surface area contributed by atoms with Crippen LogP contribution in [-0.4, -0.2) is 25.3 Å². The predicted octanol–water partition coefficient (Wildman–Crippen LogP) is 2.42. The van der Waals surface area contributed by atoms with Crippen LogP contribution in [0.15, 0.2) is 12.1 Å². The van der Waals surface area contributed by atoms with E-state index >= 15 is 0 Å². The predicted molar refractivity (Wildman–Crippen MR) is 64.9 cm³/mol. The summed E-state index contributed by atoms with van der Waals surface area (Å²) in [4.78, 5) is 10.5. The zero-order chi connectivity index (χ0) is 12.8. The second kappa shape index (κ2) is 6.13. The lowest BCUT2D eigenvalue weighted by atomic mass is 10.0. The third-order valence-electron chi connectivity index (χ3n) is 2.64. The molecule has 17 heavy (non-hydrogen) atoms. The van der Waals surface area contributed by atoms with Gasteiger partial charge in [0.25, 0.3) is 0 Å². The van der Waals surface area contributed by atoms with E-state index in [2.05, 4.69) is 0 Å². The number of benzene rings is 1. The molecular weight excluding hydrogens is 220 g/mol. The summed E-state index contributed by atoms with van der Waals surface area (Å²) in [7, 11) is 3.20. The van der Waals surface area contributed by atoms with Crippen molar-refractivity contribution in [1.82, 2.24) is 0 Å². The van der Waals surface area contributed by atoms with Crippen LogP contribution in [0.25, 0.3) is 0 Å². The van der Waals surface area contributed by atoms with E-state index < -0.39 is 5.97 Å². The van der Waals surface area contributed by atoms with Crippen molar-refractivity contribution in [3.8, 4) is 11.5 Å². The minimum absolute atomic E-state index is 0.166. The lowest BCUT2D eigenvalue weighted by Crippen LogP contribution is -2.00. The molecule has 0 fully saturated rings. The van der Waals surface area contributed by atoms with Crippen molar-refractivity contribution in [2.45, 2.75) is 26.2 Å². The Balaban J connectivity index is 2.88. The molecule has 0 saturated heterocycles.